The molecule has 0 saturated carbocycles. The van der Waals surface area contributed by atoms with Crippen molar-refractivity contribution in [2.75, 3.05) is 12.3 Å². The second-order valence-electron chi connectivity index (χ2n) is 4.65. The van der Waals surface area contributed by atoms with E-state index in [9.17, 15) is 4.79 Å². The lowest BCUT2D eigenvalue weighted by Crippen LogP contribution is -2.28. The average Bonchev–Trinajstić information content (AvgIpc) is 2.73. The number of likely N-dealkylation sites (tertiary alicyclic amines) is 1. The fraction of sp³-hybridized carbons (Fsp3) is 0.462. The van der Waals surface area contributed by atoms with Gasteiger partial charge in [0.15, 0.2) is 0 Å². The Hall–Kier alpha value is -0.380. The molecule has 0 spiro atoms. The summed E-state index contributed by atoms with van der Waals surface area (Å²) in [6.45, 7) is 2.78. The highest BCUT2D eigenvalue weighted by Crippen LogP contribution is 2.32. The van der Waals surface area contributed by atoms with Gasteiger partial charge in [0.2, 0.25) is 5.91 Å². The molecule has 0 aliphatic carbocycles. The predicted octanol–water partition coefficient (Wildman–Crippen LogP) is 3.83. The van der Waals surface area contributed by atoms with Gasteiger partial charge in [-0.2, -0.15) is 12.6 Å². The van der Waals surface area contributed by atoms with Gasteiger partial charge in [-0.1, -0.05) is 29.3 Å². The molecule has 1 aliphatic heterocycles. The Morgan fingerprint density at radius 3 is 2.72 bits per heavy atom. The summed E-state index contributed by atoms with van der Waals surface area (Å²) >= 11 is 16.2. The molecule has 0 aromatic heterocycles. The number of benzene rings is 1. The zero-order chi connectivity index (χ0) is 13.3. The quantitative estimate of drug-likeness (QED) is 0.841. The first kappa shape index (κ1) is 14.0. The number of amides is 1. The van der Waals surface area contributed by atoms with Crippen molar-refractivity contribution in [3.05, 3.63) is 33.8 Å². The molecule has 1 heterocycles. The molecule has 1 saturated heterocycles. The second-order valence-corrected chi connectivity index (χ2v) is 5.83. The van der Waals surface area contributed by atoms with E-state index in [4.69, 9.17) is 23.2 Å². The Morgan fingerprint density at radius 1 is 1.44 bits per heavy atom. The Kier molecular flexibility index (Phi) is 4.46. The van der Waals surface area contributed by atoms with Gasteiger partial charge in [-0.05, 0) is 36.3 Å². The molecule has 2 nitrogen and oxygen atoms in total. The van der Waals surface area contributed by atoms with Crippen LogP contribution in [0.4, 0.5) is 0 Å². The molecule has 0 N–H and O–H groups in total. The lowest BCUT2D eigenvalue weighted by Gasteiger charge is -2.25. The van der Waals surface area contributed by atoms with Crippen LogP contribution in [0.3, 0.4) is 0 Å². The van der Waals surface area contributed by atoms with E-state index in [0.29, 0.717) is 22.4 Å². The minimum atomic E-state index is 0.0251. The van der Waals surface area contributed by atoms with Gasteiger partial charge in [-0.15, -0.1) is 0 Å². The van der Waals surface area contributed by atoms with Crippen molar-refractivity contribution in [3.63, 3.8) is 0 Å². The zero-order valence-electron chi connectivity index (χ0n) is 10.1. The third-order valence-electron chi connectivity index (χ3n) is 3.39. The summed E-state index contributed by atoms with van der Waals surface area (Å²) < 4.78 is 0. The van der Waals surface area contributed by atoms with Crippen LogP contribution in [0, 0.1) is 5.92 Å². The molecule has 2 rings (SSSR count). The Bertz CT molecular complexity index is 466. The van der Waals surface area contributed by atoms with Gasteiger partial charge in [0.25, 0.3) is 0 Å². The molecule has 0 bridgehead atoms. The summed E-state index contributed by atoms with van der Waals surface area (Å²) in [5.74, 6) is 1.29. The number of hydrogen-bond donors (Lipinski definition) is 1. The number of rotatable bonds is 3. The summed E-state index contributed by atoms with van der Waals surface area (Å²) in [6, 6.07) is 5.54. The molecule has 5 heteroatoms. The maximum atomic E-state index is 11.9. The van der Waals surface area contributed by atoms with E-state index >= 15 is 0 Å². The van der Waals surface area contributed by atoms with Gasteiger partial charge < -0.3 is 4.90 Å². The smallest absolute Gasteiger partial charge is 0.223 e. The Labute approximate surface area is 123 Å². The molecule has 2 unspecified atom stereocenters. The van der Waals surface area contributed by atoms with E-state index in [1.165, 1.54) is 0 Å². The molecule has 1 aliphatic rings. The number of carbonyl (C=O) groups excluding carboxylic acids is 1. The molecular weight excluding hydrogens is 289 g/mol. The molecular formula is C13H15Cl2NOS. The number of hydrogen-bond acceptors (Lipinski definition) is 2. The minimum Gasteiger partial charge on any atom is -0.336 e. The van der Waals surface area contributed by atoms with Crippen molar-refractivity contribution in [2.24, 2.45) is 5.92 Å². The third-order valence-corrected chi connectivity index (χ3v) is 4.65. The zero-order valence-corrected chi connectivity index (χ0v) is 12.5. The van der Waals surface area contributed by atoms with E-state index in [1.807, 2.05) is 24.0 Å². The maximum Gasteiger partial charge on any atom is 0.223 e. The van der Waals surface area contributed by atoms with Gasteiger partial charge in [0, 0.05) is 13.0 Å². The first-order valence-corrected chi connectivity index (χ1v) is 7.27. The van der Waals surface area contributed by atoms with Crippen molar-refractivity contribution >= 4 is 41.7 Å². The van der Waals surface area contributed by atoms with Crippen molar-refractivity contribution in [2.45, 2.75) is 19.4 Å². The van der Waals surface area contributed by atoms with Gasteiger partial charge >= 0.3 is 0 Å². The van der Waals surface area contributed by atoms with Crippen molar-refractivity contribution in [3.8, 4) is 0 Å². The van der Waals surface area contributed by atoms with Crippen LogP contribution in [0.15, 0.2) is 18.2 Å². The molecule has 2 atom stereocenters. The number of halogens is 2. The van der Waals surface area contributed by atoms with Crippen LogP contribution in [0.5, 0.6) is 0 Å². The average molecular weight is 304 g/mol. The minimum absolute atomic E-state index is 0.0251. The van der Waals surface area contributed by atoms with Crippen LogP contribution in [-0.2, 0) is 4.79 Å². The SMILES string of the molecule is CC(c1ccc(Cl)c(Cl)c1)N1CC(CS)CC1=O. The van der Waals surface area contributed by atoms with Gasteiger partial charge in [-0.3, -0.25) is 4.79 Å². The summed E-state index contributed by atoms with van der Waals surface area (Å²) in [4.78, 5) is 13.8. The van der Waals surface area contributed by atoms with Crippen LogP contribution in [0.25, 0.3) is 0 Å². The highest BCUT2D eigenvalue weighted by atomic mass is 35.5. The normalized spacial score (nSPS) is 21.4. The Morgan fingerprint density at radius 2 is 2.17 bits per heavy atom. The fourth-order valence-electron chi connectivity index (χ4n) is 2.26. The van der Waals surface area contributed by atoms with E-state index in [0.717, 1.165) is 17.9 Å². The van der Waals surface area contributed by atoms with Crippen LogP contribution in [0.1, 0.15) is 24.9 Å². The van der Waals surface area contributed by atoms with Gasteiger partial charge in [0.1, 0.15) is 0 Å². The third kappa shape index (κ3) is 2.79. The fourth-order valence-corrected chi connectivity index (χ4v) is 2.81. The first-order valence-electron chi connectivity index (χ1n) is 5.88. The molecule has 18 heavy (non-hydrogen) atoms. The highest BCUT2D eigenvalue weighted by molar-refractivity contribution is 7.80. The number of carbonyl (C=O) groups is 1. The highest BCUT2D eigenvalue weighted by Gasteiger charge is 2.32. The van der Waals surface area contributed by atoms with Crippen LogP contribution >= 0.6 is 35.8 Å². The summed E-state index contributed by atoms with van der Waals surface area (Å²) in [5, 5.41) is 1.06. The molecule has 1 fully saturated rings. The molecule has 1 aromatic rings. The van der Waals surface area contributed by atoms with E-state index < -0.39 is 0 Å². The molecule has 1 aromatic carbocycles. The predicted molar refractivity (Wildman–Crippen MR) is 78.6 cm³/mol. The van der Waals surface area contributed by atoms with E-state index in [1.54, 1.807) is 6.07 Å². The number of nitrogens with zero attached hydrogens (tertiary/aromatic N) is 1. The lowest BCUT2D eigenvalue weighted by atomic mass is 10.1. The monoisotopic (exact) mass is 303 g/mol. The van der Waals surface area contributed by atoms with Crippen molar-refractivity contribution < 1.29 is 4.79 Å². The van der Waals surface area contributed by atoms with E-state index in [2.05, 4.69) is 12.6 Å². The lowest BCUT2D eigenvalue weighted by molar-refractivity contribution is -0.129. The first-order chi connectivity index (χ1) is 8.52. The van der Waals surface area contributed by atoms with Crippen LogP contribution in [-0.4, -0.2) is 23.1 Å². The van der Waals surface area contributed by atoms with Crippen LogP contribution in [0.2, 0.25) is 10.0 Å². The van der Waals surface area contributed by atoms with Gasteiger partial charge in [-0.25, -0.2) is 0 Å². The molecule has 1 amide bonds. The maximum absolute atomic E-state index is 11.9. The second kappa shape index (κ2) is 5.72. The Balaban J connectivity index is 2.18. The van der Waals surface area contributed by atoms with E-state index in [-0.39, 0.29) is 11.9 Å². The summed E-state index contributed by atoms with van der Waals surface area (Å²) in [6.07, 6.45) is 0.592. The summed E-state index contributed by atoms with van der Waals surface area (Å²) in [5.41, 5.74) is 1.01. The molecule has 0 radical (unpaired) electrons. The number of thiol groups is 1. The molecule has 98 valence electrons. The summed E-state index contributed by atoms with van der Waals surface area (Å²) in [7, 11) is 0. The van der Waals surface area contributed by atoms with Crippen LogP contribution < -0.4 is 0 Å². The standard InChI is InChI=1S/C13H15Cl2NOS/c1-8(10-2-3-11(14)12(15)5-10)16-6-9(7-18)4-13(16)17/h2-3,5,8-9,18H,4,6-7H2,1H3. The van der Waals surface area contributed by atoms with Crippen molar-refractivity contribution in [1.29, 1.82) is 0 Å². The van der Waals surface area contributed by atoms with Gasteiger partial charge in [0.05, 0.1) is 16.1 Å². The topological polar surface area (TPSA) is 20.3 Å². The van der Waals surface area contributed by atoms with Crippen molar-refractivity contribution in [1.82, 2.24) is 4.90 Å². The largest absolute Gasteiger partial charge is 0.336 e.